The Morgan fingerprint density at radius 3 is 2.63 bits per heavy atom. The van der Waals surface area contributed by atoms with Crippen molar-refractivity contribution in [2.45, 2.75) is 61.9 Å². The fraction of sp³-hybridized carbons (Fsp3) is 0.700. The summed E-state index contributed by atoms with van der Waals surface area (Å²) in [7, 11) is 3.10. The molecule has 0 radical (unpaired) electrons. The molecule has 0 bridgehead atoms. The molecule has 7 heteroatoms. The molecule has 5 unspecified atom stereocenters. The molecule has 1 aliphatic carbocycles. The number of hydrogen-bond acceptors (Lipinski definition) is 7. The molecular formula is C20H30O7. The van der Waals surface area contributed by atoms with Gasteiger partial charge in [0.15, 0.2) is 11.5 Å². The van der Waals surface area contributed by atoms with E-state index in [0.29, 0.717) is 37.2 Å². The summed E-state index contributed by atoms with van der Waals surface area (Å²) in [5.41, 5.74) is 0.515. The molecule has 4 N–H and O–H groups in total. The van der Waals surface area contributed by atoms with Gasteiger partial charge in [-0.2, -0.15) is 0 Å². The van der Waals surface area contributed by atoms with Crippen molar-refractivity contribution >= 4 is 0 Å². The lowest BCUT2D eigenvalue weighted by Gasteiger charge is -2.43. The van der Waals surface area contributed by atoms with Crippen LogP contribution in [0.15, 0.2) is 12.1 Å². The van der Waals surface area contributed by atoms with E-state index >= 15 is 0 Å². The van der Waals surface area contributed by atoms with Crippen molar-refractivity contribution < 1.29 is 34.6 Å². The standard InChI is InChI=1S/C20H30O7/c1-25-16-5-6-20(24,10-15(16)23)19-14(11-22)13-8-12(4-3-7-21)9-17(26-2)18(13)27-19/h8-9,14-16,19,21-24H,3-7,10-11H2,1-2H3. The number of ether oxygens (including phenoxy) is 3. The quantitative estimate of drug-likeness (QED) is 0.551. The second-order valence-corrected chi connectivity index (χ2v) is 7.56. The number of aliphatic hydroxyl groups is 4. The number of fused-ring (bicyclic) bond motifs is 1. The molecule has 1 aromatic rings. The predicted molar refractivity (Wildman–Crippen MR) is 98.2 cm³/mol. The first-order valence-corrected chi connectivity index (χ1v) is 9.49. The van der Waals surface area contributed by atoms with Crippen molar-refractivity contribution in [3.63, 3.8) is 0 Å². The third kappa shape index (κ3) is 3.79. The van der Waals surface area contributed by atoms with Gasteiger partial charge in [0.25, 0.3) is 0 Å². The molecule has 1 heterocycles. The molecule has 1 aliphatic heterocycles. The lowest BCUT2D eigenvalue weighted by atomic mass is 9.73. The molecule has 0 spiro atoms. The van der Waals surface area contributed by atoms with Crippen LogP contribution in [0.1, 0.15) is 42.7 Å². The third-order valence-corrected chi connectivity index (χ3v) is 5.88. The largest absolute Gasteiger partial charge is 0.493 e. The molecule has 1 aromatic carbocycles. The van der Waals surface area contributed by atoms with Crippen molar-refractivity contribution in [1.82, 2.24) is 0 Å². The Bertz CT molecular complexity index is 649. The fourth-order valence-corrected chi connectivity index (χ4v) is 4.43. The first kappa shape index (κ1) is 20.4. The first-order chi connectivity index (χ1) is 13.0. The Morgan fingerprint density at radius 1 is 1.26 bits per heavy atom. The minimum absolute atomic E-state index is 0.0975. The summed E-state index contributed by atoms with van der Waals surface area (Å²) in [5.74, 6) is 0.668. The summed E-state index contributed by atoms with van der Waals surface area (Å²) in [4.78, 5) is 0. The van der Waals surface area contributed by atoms with Crippen molar-refractivity contribution in [2.24, 2.45) is 0 Å². The van der Waals surface area contributed by atoms with Crippen LogP contribution in [0.5, 0.6) is 11.5 Å². The average molecular weight is 382 g/mol. The van der Waals surface area contributed by atoms with Gasteiger partial charge in [-0.15, -0.1) is 0 Å². The summed E-state index contributed by atoms with van der Waals surface area (Å²) in [6, 6.07) is 3.82. The van der Waals surface area contributed by atoms with Crippen LogP contribution in [0.25, 0.3) is 0 Å². The highest BCUT2D eigenvalue weighted by molar-refractivity contribution is 5.54. The summed E-state index contributed by atoms with van der Waals surface area (Å²) in [5, 5.41) is 40.8. The second-order valence-electron chi connectivity index (χ2n) is 7.56. The SMILES string of the molecule is COc1cc(CCCO)cc2c1OC(C1(O)CCC(OC)C(O)C1)C2CO. The van der Waals surface area contributed by atoms with Gasteiger partial charge in [0.2, 0.25) is 0 Å². The maximum Gasteiger partial charge on any atom is 0.165 e. The second kappa shape index (κ2) is 8.32. The van der Waals surface area contributed by atoms with E-state index < -0.39 is 23.7 Å². The smallest absolute Gasteiger partial charge is 0.165 e. The van der Waals surface area contributed by atoms with Crippen molar-refractivity contribution in [3.8, 4) is 11.5 Å². The van der Waals surface area contributed by atoms with Crippen LogP contribution in [-0.4, -0.2) is 71.8 Å². The number of aryl methyl sites for hydroxylation is 1. The van der Waals surface area contributed by atoms with Gasteiger partial charge in [-0.05, 0) is 37.3 Å². The third-order valence-electron chi connectivity index (χ3n) is 5.88. The monoisotopic (exact) mass is 382 g/mol. The van der Waals surface area contributed by atoms with E-state index in [0.717, 1.165) is 11.1 Å². The van der Waals surface area contributed by atoms with E-state index in [1.165, 1.54) is 0 Å². The molecule has 0 aromatic heterocycles. The molecule has 1 fully saturated rings. The van der Waals surface area contributed by atoms with E-state index in [1.807, 2.05) is 12.1 Å². The van der Waals surface area contributed by atoms with Crippen LogP contribution < -0.4 is 9.47 Å². The van der Waals surface area contributed by atoms with Crippen LogP contribution in [0, 0.1) is 0 Å². The van der Waals surface area contributed by atoms with Crippen LogP contribution in [0.3, 0.4) is 0 Å². The first-order valence-electron chi connectivity index (χ1n) is 9.49. The van der Waals surface area contributed by atoms with Crippen LogP contribution in [-0.2, 0) is 11.2 Å². The van der Waals surface area contributed by atoms with Gasteiger partial charge in [-0.25, -0.2) is 0 Å². The number of hydrogen-bond donors (Lipinski definition) is 4. The number of methoxy groups -OCH3 is 2. The highest BCUT2D eigenvalue weighted by atomic mass is 16.5. The zero-order valence-corrected chi connectivity index (χ0v) is 15.9. The number of benzene rings is 1. The molecule has 2 aliphatic rings. The molecule has 0 amide bonds. The minimum Gasteiger partial charge on any atom is -0.493 e. The topological polar surface area (TPSA) is 109 Å². The Labute approximate surface area is 159 Å². The number of rotatable bonds is 7. The summed E-state index contributed by atoms with van der Waals surface area (Å²) in [6.45, 7) is -0.0867. The maximum absolute atomic E-state index is 11.3. The molecule has 7 nitrogen and oxygen atoms in total. The highest BCUT2D eigenvalue weighted by Gasteiger charge is 2.52. The lowest BCUT2D eigenvalue weighted by molar-refractivity contribution is -0.152. The predicted octanol–water partition coefficient (Wildman–Crippen LogP) is 0.748. The zero-order valence-electron chi connectivity index (χ0n) is 15.9. The van der Waals surface area contributed by atoms with Gasteiger partial charge >= 0.3 is 0 Å². The molecule has 5 atom stereocenters. The summed E-state index contributed by atoms with van der Waals surface area (Å²) >= 11 is 0. The van der Waals surface area contributed by atoms with Gasteiger partial charge in [0.05, 0.1) is 31.8 Å². The normalized spacial score (nSPS) is 32.8. The fourth-order valence-electron chi connectivity index (χ4n) is 4.43. The van der Waals surface area contributed by atoms with E-state index in [9.17, 15) is 15.3 Å². The molecule has 27 heavy (non-hydrogen) atoms. The Hall–Kier alpha value is -1.38. The highest BCUT2D eigenvalue weighted by Crippen LogP contribution is 2.50. The Morgan fingerprint density at radius 2 is 2.04 bits per heavy atom. The van der Waals surface area contributed by atoms with Crippen LogP contribution >= 0.6 is 0 Å². The van der Waals surface area contributed by atoms with Gasteiger partial charge < -0.3 is 34.6 Å². The Kier molecular flexibility index (Phi) is 6.28. The van der Waals surface area contributed by atoms with Gasteiger partial charge in [-0.3, -0.25) is 0 Å². The zero-order chi connectivity index (χ0) is 19.6. The minimum atomic E-state index is -1.27. The number of aliphatic hydroxyl groups excluding tert-OH is 3. The van der Waals surface area contributed by atoms with Gasteiger partial charge in [-0.1, -0.05) is 6.07 Å². The van der Waals surface area contributed by atoms with Crippen LogP contribution in [0.4, 0.5) is 0 Å². The van der Waals surface area contributed by atoms with Crippen LogP contribution in [0.2, 0.25) is 0 Å². The average Bonchev–Trinajstić information content (AvgIpc) is 3.05. The van der Waals surface area contributed by atoms with E-state index in [2.05, 4.69) is 0 Å². The van der Waals surface area contributed by atoms with E-state index in [1.54, 1.807) is 14.2 Å². The van der Waals surface area contributed by atoms with E-state index in [4.69, 9.17) is 19.3 Å². The molecule has 3 rings (SSSR count). The lowest BCUT2D eigenvalue weighted by Crippen LogP contribution is -2.55. The maximum atomic E-state index is 11.3. The van der Waals surface area contributed by atoms with Crippen molar-refractivity contribution in [1.29, 1.82) is 0 Å². The summed E-state index contributed by atoms with van der Waals surface area (Å²) < 4.78 is 16.9. The summed E-state index contributed by atoms with van der Waals surface area (Å²) in [6.07, 6.45) is 0.598. The van der Waals surface area contributed by atoms with E-state index in [-0.39, 0.29) is 25.7 Å². The Balaban J connectivity index is 1.91. The molecule has 1 saturated carbocycles. The molecule has 0 saturated heterocycles. The van der Waals surface area contributed by atoms with Gasteiger partial charge in [0.1, 0.15) is 11.7 Å². The molecule has 152 valence electrons. The van der Waals surface area contributed by atoms with Gasteiger partial charge in [0, 0.05) is 25.7 Å². The van der Waals surface area contributed by atoms with Crippen molar-refractivity contribution in [2.75, 3.05) is 27.4 Å². The van der Waals surface area contributed by atoms with Crippen molar-refractivity contribution in [3.05, 3.63) is 23.3 Å². The molecular weight excluding hydrogens is 352 g/mol.